The lowest BCUT2D eigenvalue weighted by molar-refractivity contribution is 0.0594. The number of methoxy groups -OCH3 is 1. The molecule has 0 spiro atoms. The van der Waals surface area contributed by atoms with Crippen molar-refractivity contribution < 1.29 is 22.7 Å². The Morgan fingerprint density at radius 1 is 1.17 bits per heavy atom. The lowest BCUT2D eigenvalue weighted by atomic mass is 10.1. The summed E-state index contributed by atoms with van der Waals surface area (Å²) in [4.78, 5) is 11.3. The molecule has 0 atom stereocenters. The van der Waals surface area contributed by atoms with E-state index >= 15 is 0 Å². The van der Waals surface area contributed by atoms with Crippen LogP contribution in [0.15, 0.2) is 41.0 Å². The van der Waals surface area contributed by atoms with Gasteiger partial charge in [-0.3, -0.25) is 0 Å². The lowest BCUT2D eigenvalue weighted by Crippen LogP contribution is -2.05. The summed E-state index contributed by atoms with van der Waals surface area (Å²) in [5.41, 5.74) is 0.0997. The van der Waals surface area contributed by atoms with Crippen LogP contribution in [-0.4, -0.2) is 13.1 Å². The van der Waals surface area contributed by atoms with Crippen molar-refractivity contribution in [3.63, 3.8) is 0 Å². The van der Waals surface area contributed by atoms with E-state index < -0.39 is 17.6 Å². The topological polar surface area (TPSA) is 37.6 Å². The number of halogens is 2. The van der Waals surface area contributed by atoms with Crippen LogP contribution in [0.2, 0.25) is 0 Å². The number of benzene rings is 1. The van der Waals surface area contributed by atoms with Gasteiger partial charge in [0.2, 0.25) is 5.82 Å². The monoisotopic (exact) mass is 251 g/mol. The van der Waals surface area contributed by atoms with Gasteiger partial charge in [-0.15, -0.1) is 0 Å². The van der Waals surface area contributed by atoms with Gasteiger partial charge in [0.25, 0.3) is 0 Å². The largest absolute Gasteiger partial charge is 0.465 e. The zero-order chi connectivity index (χ0) is 13.1. The molecule has 1 aromatic carbocycles. The molecule has 0 aliphatic heterocycles. The summed E-state index contributed by atoms with van der Waals surface area (Å²) in [6.07, 6.45) is 1.17. The van der Waals surface area contributed by atoms with Crippen LogP contribution in [0.1, 0.15) is 10.4 Å². The molecule has 5 heteroatoms. The highest BCUT2D eigenvalue weighted by Gasteiger charge is 2.26. The van der Waals surface area contributed by atoms with Gasteiger partial charge >= 0.3 is 18.0 Å². The maximum Gasteiger partial charge on any atom is 0.395 e. The summed E-state index contributed by atoms with van der Waals surface area (Å²) in [5.74, 6) is -2.22. The van der Waals surface area contributed by atoms with Crippen LogP contribution in [0.5, 0.6) is 0 Å². The van der Waals surface area contributed by atoms with Gasteiger partial charge in [0, 0.05) is 0 Å². The highest BCUT2D eigenvalue weighted by molar-refractivity contribution is 5.90. The second kappa shape index (κ2) is 4.91. The van der Waals surface area contributed by atoms with Gasteiger partial charge in [-0.05, 0) is 24.3 Å². The van der Waals surface area contributed by atoms with E-state index in [1.165, 1.54) is 36.6 Å². The molecule has 2 rings (SSSR count). The van der Waals surface area contributed by atoms with Crippen molar-refractivity contribution in [2.45, 2.75) is 0 Å². The molecule has 0 aliphatic carbocycles. The molecule has 2 aromatic rings. The summed E-state index contributed by atoms with van der Waals surface area (Å²) < 4.78 is 36.2. The Hall–Kier alpha value is -2.30. The fraction of sp³-hybridized carbons (Fsp3) is 0.0769. The van der Waals surface area contributed by atoms with Gasteiger partial charge in [-0.1, -0.05) is 0 Å². The van der Waals surface area contributed by atoms with E-state index in [2.05, 4.69) is 4.74 Å². The number of carbonyl (C=O) groups is 1. The number of ether oxygens (including phenoxy) is 1. The van der Waals surface area contributed by atoms with E-state index in [9.17, 15) is 13.6 Å². The fourth-order valence-electron chi connectivity index (χ4n) is 1.48. The summed E-state index contributed by atoms with van der Waals surface area (Å²) >= 11 is 0. The summed E-state index contributed by atoms with van der Waals surface area (Å²) in [6.45, 7) is 0. The zero-order valence-corrected chi connectivity index (χ0v) is 9.44. The van der Waals surface area contributed by atoms with Crippen molar-refractivity contribution in [1.29, 1.82) is 0 Å². The molecule has 0 radical (unpaired) electrons. The summed E-state index contributed by atoms with van der Waals surface area (Å²) in [5, 5.41) is 0. The average molecular weight is 251 g/mol. The van der Waals surface area contributed by atoms with Gasteiger partial charge in [-0.25, -0.2) is 13.6 Å². The SMILES string of the molecule is COC(=O)c1cc[o+]c(-c2ccc(F)cc2)c1F. The molecule has 1 heterocycles. The van der Waals surface area contributed by atoms with Gasteiger partial charge in [0.1, 0.15) is 11.4 Å². The molecule has 0 bridgehead atoms. The number of rotatable bonds is 2. The van der Waals surface area contributed by atoms with Crippen molar-refractivity contribution in [3.8, 4) is 11.3 Å². The van der Waals surface area contributed by atoms with E-state index in [1.807, 2.05) is 0 Å². The second-order valence-corrected chi connectivity index (χ2v) is 3.48. The normalized spacial score (nSPS) is 10.2. The van der Waals surface area contributed by atoms with E-state index in [-0.39, 0.29) is 11.3 Å². The van der Waals surface area contributed by atoms with Crippen molar-refractivity contribution in [3.05, 3.63) is 53.8 Å². The van der Waals surface area contributed by atoms with Crippen LogP contribution in [0.4, 0.5) is 8.78 Å². The Labute approximate surface area is 102 Å². The molecule has 0 amide bonds. The zero-order valence-electron chi connectivity index (χ0n) is 9.44. The predicted octanol–water partition coefficient (Wildman–Crippen LogP) is 3.29. The molecular formula is C13H9F2O3+. The van der Waals surface area contributed by atoms with Crippen molar-refractivity contribution in [2.24, 2.45) is 0 Å². The third-order valence-electron chi connectivity index (χ3n) is 2.37. The van der Waals surface area contributed by atoms with Gasteiger partial charge in [-0.2, -0.15) is 4.39 Å². The van der Waals surface area contributed by atoms with E-state index in [1.54, 1.807) is 0 Å². The average Bonchev–Trinajstić information content (AvgIpc) is 2.39. The van der Waals surface area contributed by atoms with E-state index in [0.717, 1.165) is 7.11 Å². The van der Waals surface area contributed by atoms with Crippen molar-refractivity contribution in [2.75, 3.05) is 7.11 Å². The van der Waals surface area contributed by atoms with Crippen LogP contribution >= 0.6 is 0 Å². The number of carbonyl (C=O) groups excluding carboxylic acids is 1. The lowest BCUT2D eigenvalue weighted by Gasteiger charge is -1.99. The molecule has 0 unspecified atom stereocenters. The second-order valence-electron chi connectivity index (χ2n) is 3.48. The standard InChI is InChI=1S/C13H9F2O3/c1-17-13(16)10-6-7-18-12(11(10)15)8-2-4-9(14)5-3-8/h2-7H,1H3/q+1. The first kappa shape index (κ1) is 12.2. The number of hydrogen-bond acceptors (Lipinski definition) is 2. The maximum atomic E-state index is 14.0. The predicted molar refractivity (Wildman–Crippen MR) is 59.8 cm³/mol. The van der Waals surface area contributed by atoms with Crippen LogP contribution in [-0.2, 0) is 4.74 Å². The van der Waals surface area contributed by atoms with E-state index in [4.69, 9.17) is 4.42 Å². The third kappa shape index (κ3) is 2.20. The minimum atomic E-state index is -0.837. The summed E-state index contributed by atoms with van der Waals surface area (Å²) in [6, 6.07) is 6.25. The molecule has 3 nitrogen and oxygen atoms in total. The first-order valence-electron chi connectivity index (χ1n) is 5.08. The molecule has 0 fully saturated rings. The highest BCUT2D eigenvalue weighted by Crippen LogP contribution is 2.25. The number of hydrogen-bond donors (Lipinski definition) is 0. The third-order valence-corrected chi connectivity index (χ3v) is 2.37. The minimum Gasteiger partial charge on any atom is -0.465 e. The Bertz CT molecular complexity index is 579. The van der Waals surface area contributed by atoms with Crippen LogP contribution in [0.25, 0.3) is 11.3 Å². The molecule has 0 saturated heterocycles. The molecule has 0 saturated carbocycles. The Kier molecular flexibility index (Phi) is 3.32. The molecular weight excluding hydrogens is 242 g/mol. The molecule has 0 N–H and O–H groups in total. The van der Waals surface area contributed by atoms with Crippen LogP contribution < -0.4 is 0 Å². The molecule has 0 aliphatic rings. The van der Waals surface area contributed by atoms with Crippen LogP contribution in [0.3, 0.4) is 0 Å². The number of esters is 1. The van der Waals surface area contributed by atoms with Crippen molar-refractivity contribution >= 4 is 5.97 Å². The first-order chi connectivity index (χ1) is 8.63. The Morgan fingerprint density at radius 3 is 2.44 bits per heavy atom. The maximum absolute atomic E-state index is 14.0. The molecule has 18 heavy (non-hydrogen) atoms. The minimum absolute atomic E-state index is 0.141. The fourth-order valence-corrected chi connectivity index (χ4v) is 1.48. The summed E-state index contributed by atoms with van der Waals surface area (Å²) in [7, 11) is 1.16. The Balaban J connectivity index is 2.52. The van der Waals surface area contributed by atoms with Gasteiger partial charge < -0.3 is 4.74 Å². The van der Waals surface area contributed by atoms with Crippen LogP contribution in [0, 0.1) is 11.6 Å². The molecule has 1 aromatic heterocycles. The first-order valence-corrected chi connectivity index (χ1v) is 5.08. The van der Waals surface area contributed by atoms with E-state index in [0.29, 0.717) is 5.56 Å². The molecule has 92 valence electrons. The highest BCUT2D eigenvalue weighted by atomic mass is 19.1. The van der Waals surface area contributed by atoms with Crippen molar-refractivity contribution in [1.82, 2.24) is 0 Å². The Morgan fingerprint density at radius 2 is 1.83 bits per heavy atom. The van der Waals surface area contributed by atoms with Gasteiger partial charge in [0.05, 0.1) is 18.7 Å². The van der Waals surface area contributed by atoms with Gasteiger partial charge in [0.15, 0.2) is 0 Å². The quantitative estimate of drug-likeness (QED) is 0.607. The smallest absolute Gasteiger partial charge is 0.395 e.